The number of halogens is 1. The first kappa shape index (κ1) is 17.9. The average molecular weight is 380 g/mol. The Morgan fingerprint density at radius 2 is 2.00 bits per heavy atom. The number of anilines is 3. The number of hydrogen-bond donors (Lipinski definition) is 2. The van der Waals surface area contributed by atoms with Crippen molar-refractivity contribution in [2.45, 2.75) is 45.1 Å². The van der Waals surface area contributed by atoms with Gasteiger partial charge in [0.05, 0.1) is 0 Å². The summed E-state index contributed by atoms with van der Waals surface area (Å²) in [6.45, 7) is 1.91. The molecular formula is C17H22ClN5OS. The van der Waals surface area contributed by atoms with Crippen molar-refractivity contribution in [1.29, 1.82) is 0 Å². The summed E-state index contributed by atoms with van der Waals surface area (Å²) in [6, 6.07) is 5.53. The summed E-state index contributed by atoms with van der Waals surface area (Å²) in [5.74, 6) is 0. The van der Waals surface area contributed by atoms with Crippen LogP contribution in [0.25, 0.3) is 0 Å². The van der Waals surface area contributed by atoms with Crippen LogP contribution in [0.1, 0.15) is 37.7 Å². The number of aromatic nitrogens is 2. The van der Waals surface area contributed by atoms with Gasteiger partial charge in [0.2, 0.25) is 10.3 Å². The van der Waals surface area contributed by atoms with Crippen LogP contribution in [0.3, 0.4) is 0 Å². The van der Waals surface area contributed by atoms with Gasteiger partial charge in [-0.15, -0.1) is 10.2 Å². The zero-order valence-electron chi connectivity index (χ0n) is 14.4. The first-order valence-electron chi connectivity index (χ1n) is 8.43. The largest absolute Gasteiger partial charge is 0.347 e. The lowest BCUT2D eigenvalue weighted by atomic mass is 9.95. The fourth-order valence-corrected chi connectivity index (χ4v) is 3.96. The van der Waals surface area contributed by atoms with Crippen molar-refractivity contribution in [3.05, 3.63) is 28.8 Å². The Morgan fingerprint density at radius 1 is 1.24 bits per heavy atom. The summed E-state index contributed by atoms with van der Waals surface area (Å²) in [7, 11) is 2.05. The standard InChI is InChI=1S/C17H22ClN5OS/c1-11-8-9-12(18)10-14(11)19-15(24)20-16-21-22-17(25-16)23(2)13-6-4-3-5-7-13/h8-10,13H,3-7H2,1-2H3,(H2,19,20,21,24). The van der Waals surface area contributed by atoms with E-state index in [-0.39, 0.29) is 6.03 Å². The molecule has 25 heavy (non-hydrogen) atoms. The maximum atomic E-state index is 12.2. The van der Waals surface area contributed by atoms with E-state index < -0.39 is 0 Å². The number of hydrogen-bond acceptors (Lipinski definition) is 5. The van der Waals surface area contributed by atoms with Gasteiger partial charge in [0, 0.05) is 23.8 Å². The molecule has 1 heterocycles. The van der Waals surface area contributed by atoms with Gasteiger partial charge < -0.3 is 10.2 Å². The first-order valence-corrected chi connectivity index (χ1v) is 9.63. The number of aryl methyl sites for hydroxylation is 1. The highest BCUT2D eigenvalue weighted by Gasteiger charge is 2.21. The summed E-state index contributed by atoms with van der Waals surface area (Å²) >= 11 is 7.36. The van der Waals surface area contributed by atoms with Crippen LogP contribution in [-0.4, -0.2) is 29.3 Å². The van der Waals surface area contributed by atoms with Gasteiger partial charge in [-0.25, -0.2) is 4.79 Å². The van der Waals surface area contributed by atoms with Crippen LogP contribution in [0.15, 0.2) is 18.2 Å². The molecule has 0 saturated heterocycles. The number of urea groups is 1. The van der Waals surface area contributed by atoms with Crippen LogP contribution in [0.5, 0.6) is 0 Å². The number of benzene rings is 1. The molecule has 0 unspecified atom stereocenters. The molecule has 3 rings (SSSR count). The van der Waals surface area contributed by atoms with Gasteiger partial charge in [0.1, 0.15) is 0 Å². The molecular weight excluding hydrogens is 358 g/mol. The van der Waals surface area contributed by atoms with Gasteiger partial charge in [-0.2, -0.15) is 0 Å². The Bertz CT molecular complexity index is 744. The highest BCUT2D eigenvalue weighted by atomic mass is 35.5. The Morgan fingerprint density at radius 3 is 2.76 bits per heavy atom. The molecule has 1 saturated carbocycles. The predicted molar refractivity (Wildman–Crippen MR) is 104 cm³/mol. The molecule has 0 radical (unpaired) electrons. The van der Waals surface area contributed by atoms with Crippen LogP contribution >= 0.6 is 22.9 Å². The van der Waals surface area contributed by atoms with Crippen LogP contribution in [0.4, 0.5) is 20.7 Å². The third-order valence-electron chi connectivity index (χ3n) is 4.51. The maximum Gasteiger partial charge on any atom is 0.325 e. The van der Waals surface area contributed by atoms with Crippen molar-refractivity contribution in [1.82, 2.24) is 10.2 Å². The molecule has 1 aliphatic rings. The molecule has 1 aliphatic carbocycles. The van der Waals surface area contributed by atoms with E-state index in [0.29, 0.717) is 21.9 Å². The fraction of sp³-hybridized carbons (Fsp3) is 0.471. The molecule has 2 aromatic rings. The van der Waals surface area contributed by atoms with E-state index >= 15 is 0 Å². The number of carbonyl (C=O) groups excluding carboxylic acids is 1. The van der Waals surface area contributed by atoms with E-state index in [4.69, 9.17) is 11.6 Å². The average Bonchev–Trinajstić information content (AvgIpc) is 3.06. The van der Waals surface area contributed by atoms with Crippen molar-refractivity contribution >= 4 is 44.9 Å². The highest BCUT2D eigenvalue weighted by molar-refractivity contribution is 7.19. The van der Waals surface area contributed by atoms with Gasteiger partial charge in [0.25, 0.3) is 0 Å². The van der Waals surface area contributed by atoms with E-state index in [2.05, 4.69) is 32.8 Å². The molecule has 0 bridgehead atoms. The van der Waals surface area contributed by atoms with E-state index in [9.17, 15) is 4.79 Å². The topological polar surface area (TPSA) is 70.1 Å². The van der Waals surface area contributed by atoms with Crippen molar-refractivity contribution in [2.24, 2.45) is 0 Å². The Balaban J connectivity index is 1.60. The molecule has 1 fully saturated rings. The third kappa shape index (κ3) is 4.61. The summed E-state index contributed by atoms with van der Waals surface area (Å²) in [6.07, 6.45) is 6.22. The maximum absolute atomic E-state index is 12.2. The normalized spacial score (nSPS) is 15.0. The van der Waals surface area contributed by atoms with E-state index in [1.807, 2.05) is 13.0 Å². The number of rotatable bonds is 4. The van der Waals surface area contributed by atoms with Gasteiger partial charge in [-0.3, -0.25) is 5.32 Å². The van der Waals surface area contributed by atoms with Crippen LogP contribution < -0.4 is 15.5 Å². The molecule has 0 aliphatic heterocycles. The molecule has 6 nitrogen and oxygen atoms in total. The van der Waals surface area contributed by atoms with Gasteiger partial charge in [0.15, 0.2) is 0 Å². The number of amides is 2. The minimum Gasteiger partial charge on any atom is -0.347 e. The lowest BCUT2D eigenvalue weighted by Gasteiger charge is -2.30. The number of carbonyl (C=O) groups is 1. The number of nitrogens with zero attached hydrogens (tertiary/aromatic N) is 3. The van der Waals surface area contributed by atoms with E-state index in [0.717, 1.165) is 10.7 Å². The van der Waals surface area contributed by atoms with Gasteiger partial charge in [-0.05, 0) is 37.5 Å². The predicted octanol–water partition coefficient (Wildman–Crippen LogP) is 4.91. The minimum atomic E-state index is -0.353. The zero-order valence-corrected chi connectivity index (χ0v) is 16.0. The Hall–Kier alpha value is -1.86. The summed E-state index contributed by atoms with van der Waals surface area (Å²) in [4.78, 5) is 14.4. The smallest absolute Gasteiger partial charge is 0.325 e. The fourth-order valence-electron chi connectivity index (χ4n) is 3.01. The Labute approximate surface area is 156 Å². The molecule has 8 heteroatoms. The molecule has 134 valence electrons. The molecule has 0 atom stereocenters. The second-order valence-corrected chi connectivity index (χ2v) is 7.72. The Kier molecular flexibility index (Phi) is 5.75. The molecule has 0 spiro atoms. The van der Waals surface area contributed by atoms with Crippen LogP contribution in [0, 0.1) is 6.92 Å². The summed E-state index contributed by atoms with van der Waals surface area (Å²) in [5, 5.41) is 15.7. The first-order chi connectivity index (χ1) is 12.0. The SMILES string of the molecule is Cc1ccc(Cl)cc1NC(=O)Nc1nnc(N(C)C2CCCCC2)s1. The van der Waals surface area contributed by atoms with E-state index in [1.165, 1.54) is 43.4 Å². The third-order valence-corrected chi connectivity index (χ3v) is 5.67. The van der Waals surface area contributed by atoms with Gasteiger partial charge >= 0.3 is 6.03 Å². The molecule has 2 amide bonds. The van der Waals surface area contributed by atoms with Crippen molar-refractivity contribution in [3.8, 4) is 0 Å². The second kappa shape index (κ2) is 8.01. The van der Waals surface area contributed by atoms with E-state index in [1.54, 1.807) is 12.1 Å². The monoisotopic (exact) mass is 379 g/mol. The lowest BCUT2D eigenvalue weighted by molar-refractivity contribution is 0.262. The van der Waals surface area contributed by atoms with Crippen molar-refractivity contribution in [2.75, 3.05) is 22.6 Å². The van der Waals surface area contributed by atoms with Crippen molar-refractivity contribution in [3.63, 3.8) is 0 Å². The lowest BCUT2D eigenvalue weighted by Crippen LogP contribution is -2.33. The zero-order chi connectivity index (χ0) is 17.8. The quantitative estimate of drug-likeness (QED) is 0.791. The summed E-state index contributed by atoms with van der Waals surface area (Å²) < 4.78 is 0. The van der Waals surface area contributed by atoms with Crippen LogP contribution in [0.2, 0.25) is 5.02 Å². The summed E-state index contributed by atoms with van der Waals surface area (Å²) in [5.41, 5.74) is 1.61. The highest BCUT2D eigenvalue weighted by Crippen LogP contribution is 2.30. The van der Waals surface area contributed by atoms with Gasteiger partial charge in [-0.1, -0.05) is 48.3 Å². The molecule has 2 N–H and O–H groups in total. The molecule has 1 aromatic heterocycles. The van der Waals surface area contributed by atoms with Crippen LogP contribution in [-0.2, 0) is 0 Å². The minimum absolute atomic E-state index is 0.353. The van der Waals surface area contributed by atoms with Crippen molar-refractivity contribution < 1.29 is 4.79 Å². The number of nitrogens with one attached hydrogen (secondary N) is 2. The second-order valence-electron chi connectivity index (χ2n) is 6.33. The molecule has 1 aromatic carbocycles.